The van der Waals surface area contributed by atoms with Crippen molar-refractivity contribution in [2.24, 2.45) is 5.41 Å². The monoisotopic (exact) mass is 357 g/mol. The van der Waals surface area contributed by atoms with E-state index in [2.05, 4.69) is 35.1 Å². The second kappa shape index (κ2) is 7.80. The largest absolute Gasteiger partial charge is 0.491 e. The van der Waals surface area contributed by atoms with Crippen LogP contribution in [0.3, 0.4) is 0 Å². The van der Waals surface area contributed by atoms with Crippen molar-refractivity contribution in [2.75, 3.05) is 13.7 Å². The van der Waals surface area contributed by atoms with Crippen LogP contribution in [-0.2, 0) is 16.1 Å². The number of carbonyl (C=O) groups is 1. The first kappa shape index (κ1) is 18.0. The average Bonchev–Trinajstić information content (AvgIpc) is 2.42. The van der Waals surface area contributed by atoms with Crippen LogP contribution >= 0.6 is 15.9 Å². The fraction of sp³-hybridized carbons (Fsp3) is 0.562. The van der Waals surface area contributed by atoms with Crippen molar-refractivity contribution in [3.63, 3.8) is 0 Å². The number of ether oxygens (including phenoxy) is 2. The lowest BCUT2D eigenvalue weighted by Gasteiger charge is -2.23. The molecular weight excluding hydrogens is 334 g/mol. The molecule has 0 bridgehead atoms. The molecular formula is C16H24BrNO3. The molecule has 0 atom stereocenters. The van der Waals surface area contributed by atoms with Gasteiger partial charge in [-0.2, -0.15) is 0 Å². The number of para-hydroxylation sites is 1. The number of hydrogen-bond acceptors (Lipinski definition) is 4. The maximum atomic E-state index is 11.7. The molecule has 0 amide bonds. The van der Waals surface area contributed by atoms with Crippen molar-refractivity contribution in [1.29, 1.82) is 0 Å². The topological polar surface area (TPSA) is 47.6 Å². The van der Waals surface area contributed by atoms with E-state index in [-0.39, 0.29) is 12.6 Å². The van der Waals surface area contributed by atoms with Gasteiger partial charge in [0.25, 0.3) is 0 Å². The van der Waals surface area contributed by atoms with Gasteiger partial charge in [0.1, 0.15) is 12.4 Å². The number of methoxy groups -OCH3 is 1. The molecule has 0 saturated carbocycles. The minimum atomic E-state index is -0.688. The van der Waals surface area contributed by atoms with Crippen LogP contribution in [0.1, 0.15) is 33.3 Å². The Labute approximate surface area is 135 Å². The number of hydrogen-bond donors (Lipinski definition) is 1. The third-order valence-electron chi connectivity index (χ3n) is 3.06. The molecule has 1 aromatic rings. The number of halogens is 1. The van der Waals surface area contributed by atoms with E-state index in [1.165, 1.54) is 7.11 Å². The van der Waals surface area contributed by atoms with Crippen molar-refractivity contribution < 1.29 is 14.3 Å². The lowest BCUT2D eigenvalue weighted by Crippen LogP contribution is -2.32. The second-order valence-corrected chi connectivity index (χ2v) is 6.78. The summed E-state index contributed by atoms with van der Waals surface area (Å²) < 4.78 is 11.6. The molecule has 0 aliphatic carbocycles. The van der Waals surface area contributed by atoms with E-state index < -0.39 is 5.41 Å². The molecule has 0 radical (unpaired) electrons. The molecule has 0 fully saturated rings. The first-order valence-corrected chi connectivity index (χ1v) is 7.79. The smallest absolute Gasteiger partial charge is 0.314 e. The van der Waals surface area contributed by atoms with E-state index in [0.29, 0.717) is 12.6 Å². The highest BCUT2D eigenvalue weighted by atomic mass is 79.9. The van der Waals surface area contributed by atoms with E-state index in [0.717, 1.165) is 15.8 Å². The molecule has 0 saturated heterocycles. The van der Waals surface area contributed by atoms with Gasteiger partial charge in [-0.15, -0.1) is 0 Å². The highest BCUT2D eigenvalue weighted by molar-refractivity contribution is 9.10. The summed E-state index contributed by atoms with van der Waals surface area (Å²) in [5, 5.41) is 3.37. The summed E-state index contributed by atoms with van der Waals surface area (Å²) in [6.07, 6.45) is 0. The predicted molar refractivity (Wildman–Crippen MR) is 87.4 cm³/mol. The Kier molecular flexibility index (Phi) is 6.68. The van der Waals surface area contributed by atoms with Gasteiger partial charge < -0.3 is 14.8 Å². The third kappa shape index (κ3) is 5.32. The Morgan fingerprint density at radius 3 is 2.62 bits per heavy atom. The molecule has 1 rings (SSSR count). The van der Waals surface area contributed by atoms with Crippen molar-refractivity contribution in [3.8, 4) is 5.75 Å². The van der Waals surface area contributed by atoms with Gasteiger partial charge in [0.2, 0.25) is 0 Å². The highest BCUT2D eigenvalue weighted by Crippen LogP contribution is 2.31. The minimum absolute atomic E-state index is 0.261. The standard InChI is InChI=1S/C16H24BrNO3/c1-11(2)18-9-12-7-6-8-13(17)14(12)21-10-16(3,4)15(19)20-5/h6-8,11,18H,9-10H2,1-5H3. The van der Waals surface area contributed by atoms with Gasteiger partial charge in [0.15, 0.2) is 0 Å². The molecule has 5 heteroatoms. The van der Waals surface area contributed by atoms with E-state index in [1.54, 1.807) is 0 Å². The molecule has 118 valence electrons. The summed E-state index contributed by atoms with van der Waals surface area (Å²) in [5.74, 6) is 0.485. The van der Waals surface area contributed by atoms with E-state index in [1.807, 2.05) is 32.0 Å². The summed E-state index contributed by atoms with van der Waals surface area (Å²) in [4.78, 5) is 11.7. The Morgan fingerprint density at radius 2 is 2.05 bits per heavy atom. The van der Waals surface area contributed by atoms with Gasteiger partial charge in [-0.05, 0) is 35.8 Å². The fourth-order valence-corrected chi connectivity index (χ4v) is 2.28. The first-order chi connectivity index (χ1) is 9.77. The lowest BCUT2D eigenvalue weighted by molar-refractivity contribution is -0.152. The van der Waals surface area contributed by atoms with E-state index in [4.69, 9.17) is 9.47 Å². The number of benzene rings is 1. The molecule has 1 aromatic carbocycles. The molecule has 21 heavy (non-hydrogen) atoms. The average molecular weight is 358 g/mol. The van der Waals surface area contributed by atoms with Gasteiger partial charge in [-0.3, -0.25) is 4.79 Å². The lowest BCUT2D eigenvalue weighted by atomic mass is 9.95. The summed E-state index contributed by atoms with van der Waals surface area (Å²) >= 11 is 3.51. The third-order valence-corrected chi connectivity index (χ3v) is 3.69. The van der Waals surface area contributed by atoms with Crippen LogP contribution in [0.2, 0.25) is 0 Å². The van der Waals surface area contributed by atoms with Crippen molar-refractivity contribution in [3.05, 3.63) is 28.2 Å². The van der Waals surface area contributed by atoms with Crippen LogP contribution in [0, 0.1) is 5.41 Å². The molecule has 0 heterocycles. The summed E-state index contributed by atoms with van der Waals surface area (Å²) in [5.41, 5.74) is 0.367. The minimum Gasteiger partial charge on any atom is -0.491 e. The Hall–Kier alpha value is -1.07. The molecule has 0 aliphatic rings. The predicted octanol–water partition coefficient (Wildman–Crippen LogP) is 3.53. The number of rotatable bonds is 7. The Bertz CT molecular complexity index is 486. The zero-order valence-electron chi connectivity index (χ0n) is 13.3. The molecule has 0 aromatic heterocycles. The van der Waals surface area contributed by atoms with Crippen LogP contribution in [0.4, 0.5) is 0 Å². The van der Waals surface area contributed by atoms with Crippen LogP contribution in [0.25, 0.3) is 0 Å². The molecule has 0 spiro atoms. The zero-order valence-corrected chi connectivity index (χ0v) is 14.9. The van der Waals surface area contributed by atoms with Gasteiger partial charge in [0, 0.05) is 18.2 Å². The number of carbonyl (C=O) groups excluding carboxylic acids is 1. The Balaban J connectivity index is 2.84. The Morgan fingerprint density at radius 1 is 1.38 bits per heavy atom. The molecule has 4 nitrogen and oxygen atoms in total. The van der Waals surface area contributed by atoms with Crippen LogP contribution < -0.4 is 10.1 Å². The molecule has 1 N–H and O–H groups in total. The van der Waals surface area contributed by atoms with Gasteiger partial charge in [-0.25, -0.2) is 0 Å². The van der Waals surface area contributed by atoms with Crippen molar-refractivity contribution in [2.45, 2.75) is 40.3 Å². The summed E-state index contributed by atoms with van der Waals surface area (Å²) in [6, 6.07) is 6.31. The summed E-state index contributed by atoms with van der Waals surface area (Å²) in [6.45, 7) is 8.78. The summed E-state index contributed by atoms with van der Waals surface area (Å²) in [7, 11) is 1.39. The normalized spacial score (nSPS) is 11.6. The number of nitrogens with one attached hydrogen (secondary N) is 1. The SMILES string of the molecule is COC(=O)C(C)(C)COc1c(Br)cccc1CNC(C)C. The maximum Gasteiger partial charge on any atom is 0.314 e. The van der Waals surface area contributed by atoms with Gasteiger partial charge in [-0.1, -0.05) is 26.0 Å². The molecule has 0 unspecified atom stereocenters. The number of esters is 1. The second-order valence-electron chi connectivity index (χ2n) is 5.93. The zero-order chi connectivity index (χ0) is 16.0. The van der Waals surface area contributed by atoms with Crippen molar-refractivity contribution >= 4 is 21.9 Å². The van der Waals surface area contributed by atoms with Crippen LogP contribution in [0.15, 0.2) is 22.7 Å². The maximum absolute atomic E-state index is 11.7. The van der Waals surface area contributed by atoms with Crippen LogP contribution in [-0.4, -0.2) is 25.7 Å². The quantitative estimate of drug-likeness (QED) is 0.758. The highest BCUT2D eigenvalue weighted by Gasteiger charge is 2.30. The van der Waals surface area contributed by atoms with Crippen LogP contribution in [0.5, 0.6) is 5.75 Å². The van der Waals surface area contributed by atoms with Gasteiger partial charge in [0.05, 0.1) is 17.0 Å². The fourth-order valence-electron chi connectivity index (χ4n) is 1.76. The van der Waals surface area contributed by atoms with E-state index >= 15 is 0 Å². The first-order valence-electron chi connectivity index (χ1n) is 7.00. The molecule has 0 aliphatic heterocycles. The van der Waals surface area contributed by atoms with Crippen molar-refractivity contribution in [1.82, 2.24) is 5.32 Å². The van der Waals surface area contributed by atoms with Gasteiger partial charge >= 0.3 is 5.97 Å². The van der Waals surface area contributed by atoms with E-state index in [9.17, 15) is 4.79 Å².